The second kappa shape index (κ2) is 14.2. The van der Waals surface area contributed by atoms with Crippen molar-refractivity contribution < 1.29 is 26.2 Å². The molecule has 0 heterocycles. The average molecular weight is 390 g/mol. The van der Waals surface area contributed by atoms with E-state index in [9.17, 15) is 0 Å². The summed E-state index contributed by atoms with van der Waals surface area (Å²) in [4.78, 5) is 0. The van der Waals surface area contributed by atoms with Gasteiger partial charge in [-0.15, -0.1) is 0 Å². The number of rotatable bonds is 8. The fourth-order valence-corrected chi connectivity index (χ4v) is 2.68. The van der Waals surface area contributed by atoms with Crippen LogP contribution in [0.15, 0.2) is 34.4 Å². The molecule has 0 bridgehead atoms. The minimum Gasteiger partial charge on any atom is -0.250 e. The van der Waals surface area contributed by atoms with Crippen LogP contribution in [0.1, 0.15) is 91.9 Å². The quantitative estimate of drug-likeness (QED) is 0.382. The molecule has 0 saturated heterocycles. The minimum atomic E-state index is 0. The van der Waals surface area contributed by atoms with E-state index in [0.29, 0.717) is 0 Å². The molecule has 0 nitrogen and oxygen atoms in total. The first kappa shape index (κ1) is 22.8. The molecular weight excluding hydrogens is 355 g/mol. The maximum absolute atomic E-state index is 3.45. The van der Waals surface area contributed by atoms with Gasteiger partial charge in [0.2, 0.25) is 0 Å². The van der Waals surface area contributed by atoms with Gasteiger partial charge in [0.1, 0.15) is 0 Å². The number of unbranched alkanes of at least 4 members (excludes halogenated alkanes) is 2. The van der Waals surface area contributed by atoms with E-state index in [2.05, 4.69) is 52.0 Å². The Morgan fingerprint density at radius 3 is 1.39 bits per heavy atom. The first-order valence-corrected chi connectivity index (χ1v) is 9.34. The van der Waals surface area contributed by atoms with Gasteiger partial charge >= 0.3 is 26.2 Å². The third-order valence-corrected chi connectivity index (χ3v) is 4.32. The second-order valence-corrected chi connectivity index (χ2v) is 6.24. The van der Waals surface area contributed by atoms with Gasteiger partial charge < -0.3 is 0 Å². The van der Waals surface area contributed by atoms with E-state index in [1.807, 2.05) is 0 Å². The monoisotopic (exact) mass is 388 g/mol. The molecule has 0 aromatic heterocycles. The van der Waals surface area contributed by atoms with Gasteiger partial charge in [0.25, 0.3) is 0 Å². The molecule has 0 fully saturated rings. The maximum atomic E-state index is 3.45. The van der Waals surface area contributed by atoms with Gasteiger partial charge in [-0.1, -0.05) is 91.9 Å². The summed E-state index contributed by atoms with van der Waals surface area (Å²) in [6, 6.07) is 0. The summed E-state index contributed by atoms with van der Waals surface area (Å²) < 4.78 is 0. The Hall–Kier alpha value is -0.157. The Kier molecular flexibility index (Phi) is 14.1. The molecule has 0 spiro atoms. The summed E-state index contributed by atoms with van der Waals surface area (Å²) in [7, 11) is 0. The van der Waals surface area contributed by atoms with Gasteiger partial charge in [0, 0.05) is 0 Å². The van der Waals surface area contributed by atoms with Gasteiger partial charge in [-0.3, -0.25) is 0 Å². The summed E-state index contributed by atoms with van der Waals surface area (Å²) in [5.74, 6) is 0. The Morgan fingerprint density at radius 1 is 0.739 bits per heavy atom. The molecule has 2 aliphatic carbocycles. The van der Waals surface area contributed by atoms with E-state index < -0.39 is 0 Å². The van der Waals surface area contributed by atoms with E-state index in [1.165, 1.54) is 73.7 Å². The fourth-order valence-electron chi connectivity index (χ4n) is 2.68. The third kappa shape index (κ3) is 9.66. The van der Waals surface area contributed by atoms with Crippen LogP contribution in [0.3, 0.4) is 0 Å². The Morgan fingerprint density at radius 2 is 1.13 bits per heavy atom. The predicted octanol–water partition coefficient (Wildman–Crippen LogP) is 7.29. The minimum absolute atomic E-state index is 0. The van der Waals surface area contributed by atoms with Crippen LogP contribution < -0.4 is 0 Å². The fraction of sp³-hybridized carbons (Fsp3) is 0.636. The normalized spacial score (nSPS) is 15.8. The summed E-state index contributed by atoms with van der Waals surface area (Å²) in [6.07, 6.45) is 23.9. The third-order valence-electron chi connectivity index (χ3n) is 4.32. The zero-order valence-electron chi connectivity index (χ0n) is 15.7. The van der Waals surface area contributed by atoms with Crippen LogP contribution in [-0.2, 0) is 26.2 Å². The first-order valence-electron chi connectivity index (χ1n) is 9.34. The van der Waals surface area contributed by atoms with Crippen LogP contribution in [0.2, 0.25) is 0 Å². The molecule has 1 heteroatoms. The van der Waals surface area contributed by atoms with Crippen molar-refractivity contribution in [3.05, 3.63) is 46.6 Å². The Labute approximate surface area is 164 Å². The van der Waals surface area contributed by atoms with Crippen molar-refractivity contribution in [1.29, 1.82) is 0 Å². The molecule has 0 radical (unpaired) electrons. The molecule has 126 valence electrons. The molecule has 0 saturated carbocycles. The van der Waals surface area contributed by atoms with Crippen LogP contribution >= 0.6 is 0 Å². The standard InChI is InChI=1S/2C11H17.Zr/c2*1-3-5-6-11-8-7-10(4-2)9-11;/h2*8H,3-7H2,1-2H3;/q2*-1;+2. The van der Waals surface area contributed by atoms with E-state index in [-0.39, 0.29) is 26.2 Å². The summed E-state index contributed by atoms with van der Waals surface area (Å²) in [5.41, 5.74) is 5.86. The largest absolute Gasteiger partial charge is 2.00 e. The van der Waals surface area contributed by atoms with Crippen LogP contribution in [0.4, 0.5) is 0 Å². The zero-order valence-corrected chi connectivity index (χ0v) is 18.2. The topological polar surface area (TPSA) is 0 Å². The Balaban J connectivity index is 0.000000403. The summed E-state index contributed by atoms with van der Waals surface area (Å²) in [5, 5.41) is 0. The molecule has 0 N–H and O–H groups in total. The van der Waals surface area contributed by atoms with E-state index in [0.717, 1.165) is 12.8 Å². The van der Waals surface area contributed by atoms with E-state index in [1.54, 1.807) is 0 Å². The molecule has 0 aromatic rings. The van der Waals surface area contributed by atoms with Gasteiger partial charge in [-0.2, -0.15) is 11.1 Å². The van der Waals surface area contributed by atoms with E-state index >= 15 is 0 Å². The van der Waals surface area contributed by atoms with Crippen molar-refractivity contribution in [2.75, 3.05) is 0 Å². The van der Waals surface area contributed by atoms with Gasteiger partial charge in [0.15, 0.2) is 0 Å². The van der Waals surface area contributed by atoms with Crippen molar-refractivity contribution >= 4 is 0 Å². The van der Waals surface area contributed by atoms with Gasteiger partial charge in [0.05, 0.1) is 0 Å². The zero-order chi connectivity index (χ0) is 16.2. The Bertz CT molecular complexity index is 393. The van der Waals surface area contributed by atoms with Gasteiger partial charge in [-0.05, 0) is 0 Å². The maximum Gasteiger partial charge on any atom is 2.00 e. The van der Waals surface area contributed by atoms with Crippen LogP contribution in [0, 0.1) is 12.2 Å². The summed E-state index contributed by atoms with van der Waals surface area (Å²) >= 11 is 0. The van der Waals surface area contributed by atoms with Crippen molar-refractivity contribution in [3.8, 4) is 0 Å². The number of hydrogen-bond donors (Lipinski definition) is 0. The second-order valence-electron chi connectivity index (χ2n) is 6.24. The smallest absolute Gasteiger partial charge is 0.250 e. The molecular formula is C22H34Zr. The molecule has 23 heavy (non-hydrogen) atoms. The number of hydrogen-bond acceptors (Lipinski definition) is 0. The molecule has 0 aliphatic heterocycles. The SMILES string of the molecule is CCCCC1=CCC(CC)=[C-]1.CCCCC1=CCC(CC)=[C-]1.[Zr+2]. The van der Waals surface area contributed by atoms with Crippen LogP contribution in [0.25, 0.3) is 0 Å². The number of allylic oxidation sites excluding steroid dienone is 8. The van der Waals surface area contributed by atoms with Crippen molar-refractivity contribution in [1.82, 2.24) is 0 Å². The first-order chi connectivity index (χ1) is 10.7. The average Bonchev–Trinajstić information content (AvgIpc) is 3.20. The van der Waals surface area contributed by atoms with Crippen LogP contribution in [0.5, 0.6) is 0 Å². The van der Waals surface area contributed by atoms with Crippen molar-refractivity contribution in [3.63, 3.8) is 0 Å². The molecule has 2 rings (SSSR count). The molecule has 0 aromatic carbocycles. The predicted molar refractivity (Wildman–Crippen MR) is 98.5 cm³/mol. The van der Waals surface area contributed by atoms with Crippen molar-refractivity contribution in [2.45, 2.75) is 91.9 Å². The van der Waals surface area contributed by atoms with E-state index in [4.69, 9.17) is 0 Å². The molecule has 0 atom stereocenters. The molecule has 2 aliphatic rings. The van der Waals surface area contributed by atoms with Gasteiger partial charge in [-0.25, -0.2) is 35.5 Å². The van der Waals surface area contributed by atoms with Crippen molar-refractivity contribution in [2.24, 2.45) is 0 Å². The summed E-state index contributed by atoms with van der Waals surface area (Å²) in [6.45, 7) is 8.89. The molecule has 0 amide bonds. The molecule has 0 unspecified atom stereocenters. The van der Waals surface area contributed by atoms with Crippen LogP contribution in [-0.4, -0.2) is 0 Å².